The topological polar surface area (TPSA) is 54.9 Å². The van der Waals surface area contributed by atoms with Gasteiger partial charge in [-0.3, -0.25) is 10.1 Å². The Bertz CT molecular complexity index is 650. The number of nitrogens with one attached hydrogen (secondary N) is 1. The van der Waals surface area contributed by atoms with Crippen LogP contribution in [0.3, 0.4) is 0 Å². The lowest BCUT2D eigenvalue weighted by Gasteiger charge is -2.04. The molecule has 1 amide bonds. The van der Waals surface area contributed by atoms with E-state index in [0.717, 1.165) is 15.2 Å². The molecule has 0 aliphatic rings. The van der Waals surface area contributed by atoms with Crippen LogP contribution in [0.4, 0.5) is 5.13 Å². The molecule has 0 aliphatic heterocycles. The molecule has 8 heteroatoms. The number of halogens is 2. The van der Waals surface area contributed by atoms with Crippen LogP contribution in [0.5, 0.6) is 0 Å². The number of anilines is 1. The van der Waals surface area contributed by atoms with E-state index < -0.39 is 0 Å². The number of nitrogens with zero attached hydrogens (tertiary/aromatic N) is 2. The zero-order chi connectivity index (χ0) is 15.4. The molecule has 1 aromatic heterocycles. The lowest BCUT2D eigenvalue weighted by atomic mass is 10.2. The highest BCUT2D eigenvalue weighted by molar-refractivity contribution is 9.10. The molecule has 0 fully saturated rings. The summed E-state index contributed by atoms with van der Waals surface area (Å²) < 4.78 is 1.64. The molecule has 1 heterocycles. The van der Waals surface area contributed by atoms with E-state index in [0.29, 0.717) is 21.0 Å². The van der Waals surface area contributed by atoms with Gasteiger partial charge in [0.15, 0.2) is 4.34 Å². The molecule has 0 aliphatic carbocycles. The number of carbonyl (C=O) groups excluding carboxylic acids is 1. The molecular formula is C13H13BrClN3OS2. The summed E-state index contributed by atoms with van der Waals surface area (Å²) in [6.45, 7) is 4.25. The van der Waals surface area contributed by atoms with Gasteiger partial charge in [-0.1, -0.05) is 64.5 Å². The molecule has 4 nitrogen and oxygen atoms in total. The van der Waals surface area contributed by atoms with E-state index in [9.17, 15) is 4.79 Å². The van der Waals surface area contributed by atoms with Crippen molar-refractivity contribution in [2.45, 2.75) is 29.9 Å². The van der Waals surface area contributed by atoms with E-state index in [1.54, 1.807) is 30.0 Å². The molecular weight excluding hydrogens is 394 g/mol. The van der Waals surface area contributed by atoms with Crippen molar-refractivity contribution < 1.29 is 4.79 Å². The molecule has 2 aromatic rings. The zero-order valence-electron chi connectivity index (χ0n) is 11.4. The summed E-state index contributed by atoms with van der Waals surface area (Å²) in [7, 11) is 0. The summed E-state index contributed by atoms with van der Waals surface area (Å²) in [5, 5.41) is 12.1. The second-order valence-electron chi connectivity index (χ2n) is 4.29. The van der Waals surface area contributed by atoms with Gasteiger partial charge in [0.2, 0.25) is 5.13 Å². The Morgan fingerprint density at radius 2 is 2.29 bits per heavy atom. The number of carbonyl (C=O) groups is 1. The van der Waals surface area contributed by atoms with E-state index >= 15 is 0 Å². The molecule has 0 spiro atoms. The van der Waals surface area contributed by atoms with Crippen molar-refractivity contribution in [2.75, 3.05) is 5.32 Å². The van der Waals surface area contributed by atoms with Crippen LogP contribution in [0.25, 0.3) is 0 Å². The van der Waals surface area contributed by atoms with E-state index in [-0.39, 0.29) is 5.91 Å². The Morgan fingerprint density at radius 1 is 1.52 bits per heavy atom. The highest BCUT2D eigenvalue weighted by atomic mass is 79.9. The predicted molar refractivity (Wildman–Crippen MR) is 92.6 cm³/mol. The van der Waals surface area contributed by atoms with Crippen molar-refractivity contribution >= 4 is 61.7 Å². The maximum Gasteiger partial charge on any atom is 0.259 e. The smallest absolute Gasteiger partial charge is 0.259 e. The third kappa shape index (κ3) is 4.67. The molecule has 0 unspecified atom stereocenters. The van der Waals surface area contributed by atoms with Gasteiger partial charge in [-0.05, 0) is 24.6 Å². The van der Waals surface area contributed by atoms with Crippen molar-refractivity contribution in [3.8, 4) is 0 Å². The van der Waals surface area contributed by atoms with E-state index in [1.165, 1.54) is 11.3 Å². The van der Waals surface area contributed by atoms with Crippen molar-refractivity contribution in [3.05, 3.63) is 33.3 Å². The lowest BCUT2D eigenvalue weighted by molar-refractivity contribution is 0.102. The van der Waals surface area contributed by atoms with Crippen molar-refractivity contribution in [2.24, 2.45) is 0 Å². The summed E-state index contributed by atoms with van der Waals surface area (Å²) in [5.41, 5.74) is 0.400. The Labute approximate surface area is 144 Å². The summed E-state index contributed by atoms with van der Waals surface area (Å²) in [6.07, 6.45) is 1.06. The van der Waals surface area contributed by atoms with Crippen molar-refractivity contribution in [1.82, 2.24) is 10.2 Å². The number of benzene rings is 1. The average molecular weight is 407 g/mol. The minimum atomic E-state index is -0.294. The maximum atomic E-state index is 12.2. The molecule has 112 valence electrons. The molecule has 0 saturated heterocycles. The van der Waals surface area contributed by atoms with Gasteiger partial charge in [-0.2, -0.15) is 0 Å². The van der Waals surface area contributed by atoms with Crippen LogP contribution in [-0.4, -0.2) is 21.4 Å². The number of aromatic nitrogens is 2. The number of amides is 1. The van der Waals surface area contributed by atoms with Gasteiger partial charge in [0.1, 0.15) is 0 Å². The second-order valence-corrected chi connectivity index (χ2v) is 8.27. The fraction of sp³-hybridized carbons (Fsp3) is 0.308. The molecule has 0 bridgehead atoms. The number of hydrogen-bond donors (Lipinski definition) is 1. The van der Waals surface area contributed by atoms with E-state index in [1.807, 2.05) is 0 Å². The first kappa shape index (κ1) is 16.7. The van der Waals surface area contributed by atoms with Gasteiger partial charge >= 0.3 is 0 Å². The van der Waals surface area contributed by atoms with Crippen molar-refractivity contribution in [1.29, 1.82) is 0 Å². The molecule has 1 N–H and O–H groups in total. The van der Waals surface area contributed by atoms with E-state index in [2.05, 4.69) is 45.3 Å². The Kier molecular flexibility index (Phi) is 6.04. The second kappa shape index (κ2) is 7.58. The first-order valence-corrected chi connectivity index (χ1v) is 9.13. The summed E-state index contributed by atoms with van der Waals surface area (Å²) in [6, 6.07) is 5.13. The largest absolute Gasteiger partial charge is 0.296 e. The number of hydrogen-bond acceptors (Lipinski definition) is 5. The van der Waals surface area contributed by atoms with Crippen LogP contribution in [0.1, 0.15) is 30.6 Å². The summed E-state index contributed by atoms with van der Waals surface area (Å²) in [5.74, 6) is -0.294. The molecule has 0 radical (unpaired) electrons. The average Bonchev–Trinajstić information content (AvgIpc) is 2.88. The first-order chi connectivity index (χ1) is 9.99. The zero-order valence-corrected chi connectivity index (χ0v) is 15.4. The van der Waals surface area contributed by atoms with Gasteiger partial charge in [-0.25, -0.2) is 0 Å². The number of rotatable bonds is 5. The fourth-order valence-corrected chi connectivity index (χ4v) is 3.96. The Balaban J connectivity index is 2.08. The molecule has 2 rings (SSSR count). The minimum Gasteiger partial charge on any atom is -0.296 e. The van der Waals surface area contributed by atoms with Gasteiger partial charge in [-0.15, -0.1) is 10.2 Å². The number of thioether (sulfide) groups is 1. The van der Waals surface area contributed by atoms with Gasteiger partial charge in [0, 0.05) is 9.72 Å². The SMILES string of the molecule is CC[C@@H](C)Sc1nnc(NC(=O)c2cc(Br)ccc2Cl)s1. The van der Waals surface area contributed by atoms with Crippen LogP contribution in [0, 0.1) is 0 Å². The molecule has 0 saturated carbocycles. The third-order valence-electron chi connectivity index (χ3n) is 2.68. The predicted octanol–water partition coefficient (Wildman–Crippen LogP) is 5.10. The monoisotopic (exact) mass is 405 g/mol. The normalized spacial score (nSPS) is 12.2. The Morgan fingerprint density at radius 3 is 3.00 bits per heavy atom. The summed E-state index contributed by atoms with van der Waals surface area (Å²) >= 11 is 12.4. The van der Waals surface area contributed by atoms with Crippen molar-refractivity contribution in [3.63, 3.8) is 0 Å². The highest BCUT2D eigenvalue weighted by Gasteiger charge is 2.14. The highest BCUT2D eigenvalue weighted by Crippen LogP contribution is 2.30. The maximum absolute atomic E-state index is 12.2. The van der Waals surface area contributed by atoms with Crippen LogP contribution >= 0.6 is 50.6 Å². The standard InChI is InChI=1S/C13H13BrClN3OS2/c1-3-7(2)20-13-18-17-12(21-13)16-11(19)9-6-8(14)4-5-10(9)15/h4-7H,3H2,1-2H3,(H,16,17,19)/t7-/m1/s1. The minimum absolute atomic E-state index is 0.294. The fourth-order valence-electron chi connectivity index (χ4n) is 1.40. The third-order valence-corrected chi connectivity index (χ3v) is 5.69. The summed E-state index contributed by atoms with van der Waals surface area (Å²) in [4.78, 5) is 12.2. The van der Waals surface area contributed by atoms with E-state index in [4.69, 9.17) is 11.6 Å². The van der Waals surface area contributed by atoms with Crippen LogP contribution in [-0.2, 0) is 0 Å². The van der Waals surface area contributed by atoms with Crippen LogP contribution in [0.2, 0.25) is 5.02 Å². The van der Waals surface area contributed by atoms with Gasteiger partial charge < -0.3 is 0 Å². The first-order valence-electron chi connectivity index (χ1n) is 6.26. The molecule has 1 aromatic carbocycles. The van der Waals surface area contributed by atoms with Crippen LogP contribution in [0.15, 0.2) is 27.0 Å². The molecule has 1 atom stereocenters. The van der Waals surface area contributed by atoms with Gasteiger partial charge in [0.25, 0.3) is 5.91 Å². The lowest BCUT2D eigenvalue weighted by Crippen LogP contribution is -2.12. The Hall–Kier alpha value is -0.630. The quantitative estimate of drug-likeness (QED) is 0.554. The molecule has 21 heavy (non-hydrogen) atoms. The van der Waals surface area contributed by atoms with Gasteiger partial charge in [0.05, 0.1) is 10.6 Å². The van der Waals surface area contributed by atoms with Crippen LogP contribution < -0.4 is 5.32 Å².